The van der Waals surface area contributed by atoms with Crippen LogP contribution in [0.15, 0.2) is 30.3 Å². The number of hydrogen-bond donors (Lipinski definition) is 0. The molecule has 1 saturated heterocycles. The summed E-state index contributed by atoms with van der Waals surface area (Å²) < 4.78 is 5.50. The Morgan fingerprint density at radius 3 is 2.67 bits per heavy atom. The summed E-state index contributed by atoms with van der Waals surface area (Å²) in [4.78, 5) is 14.1. The van der Waals surface area contributed by atoms with E-state index in [0.29, 0.717) is 6.04 Å². The SMILES string of the molecule is CC(C)(C)OC(=O)N1CCCC1CCCc1ccccc1. The molecule has 1 atom stereocenters. The Kier molecular flexibility index (Phi) is 5.27. The lowest BCUT2D eigenvalue weighted by molar-refractivity contribution is 0.0219. The lowest BCUT2D eigenvalue weighted by atomic mass is 10.0. The molecule has 0 spiro atoms. The molecule has 0 aromatic heterocycles. The summed E-state index contributed by atoms with van der Waals surface area (Å²) in [5.41, 5.74) is 0.966. The monoisotopic (exact) mass is 289 g/mol. The molecule has 2 rings (SSSR count). The summed E-state index contributed by atoms with van der Waals surface area (Å²) in [6, 6.07) is 10.9. The Balaban J connectivity index is 1.80. The smallest absolute Gasteiger partial charge is 0.410 e. The molecule has 1 unspecified atom stereocenters. The van der Waals surface area contributed by atoms with Gasteiger partial charge in [0.2, 0.25) is 0 Å². The third-order valence-corrected chi connectivity index (χ3v) is 3.85. The fourth-order valence-electron chi connectivity index (χ4n) is 2.88. The molecule has 0 aliphatic carbocycles. The minimum atomic E-state index is -0.408. The summed E-state index contributed by atoms with van der Waals surface area (Å²) in [6.45, 7) is 6.60. The predicted octanol–water partition coefficient (Wildman–Crippen LogP) is 4.41. The first kappa shape index (κ1) is 15.9. The van der Waals surface area contributed by atoms with Crippen molar-refractivity contribution in [2.45, 2.75) is 64.5 Å². The molecule has 0 radical (unpaired) electrons. The fraction of sp³-hybridized carbons (Fsp3) is 0.611. The number of rotatable bonds is 4. The van der Waals surface area contributed by atoms with E-state index in [0.717, 1.165) is 38.6 Å². The van der Waals surface area contributed by atoms with E-state index in [-0.39, 0.29) is 6.09 Å². The van der Waals surface area contributed by atoms with E-state index in [1.54, 1.807) is 0 Å². The van der Waals surface area contributed by atoms with Crippen LogP contribution in [-0.2, 0) is 11.2 Å². The Morgan fingerprint density at radius 1 is 1.29 bits per heavy atom. The highest BCUT2D eigenvalue weighted by molar-refractivity contribution is 5.68. The summed E-state index contributed by atoms with van der Waals surface area (Å²) in [5.74, 6) is 0. The van der Waals surface area contributed by atoms with Crippen LogP contribution in [-0.4, -0.2) is 29.2 Å². The van der Waals surface area contributed by atoms with Gasteiger partial charge in [0.15, 0.2) is 0 Å². The van der Waals surface area contributed by atoms with Gasteiger partial charge in [0, 0.05) is 12.6 Å². The molecule has 1 heterocycles. The highest BCUT2D eigenvalue weighted by atomic mass is 16.6. The average Bonchev–Trinajstić information content (AvgIpc) is 2.86. The standard InChI is InChI=1S/C18H27NO2/c1-18(2,3)21-17(20)19-14-8-13-16(19)12-7-11-15-9-5-4-6-10-15/h4-6,9-10,16H,7-8,11-14H2,1-3H3. The predicted molar refractivity (Wildman–Crippen MR) is 85.3 cm³/mol. The maximum absolute atomic E-state index is 12.2. The van der Waals surface area contributed by atoms with Crippen LogP contribution in [0.2, 0.25) is 0 Å². The minimum absolute atomic E-state index is 0.148. The van der Waals surface area contributed by atoms with Gasteiger partial charge in [0.05, 0.1) is 0 Å². The molecule has 0 saturated carbocycles. The van der Waals surface area contributed by atoms with Crippen molar-refractivity contribution in [3.8, 4) is 0 Å². The van der Waals surface area contributed by atoms with E-state index < -0.39 is 5.60 Å². The largest absolute Gasteiger partial charge is 0.444 e. The number of carbonyl (C=O) groups excluding carboxylic acids is 1. The molecule has 3 nitrogen and oxygen atoms in total. The van der Waals surface area contributed by atoms with Gasteiger partial charge in [0.1, 0.15) is 5.60 Å². The molecule has 21 heavy (non-hydrogen) atoms. The van der Waals surface area contributed by atoms with Crippen LogP contribution in [0.25, 0.3) is 0 Å². The van der Waals surface area contributed by atoms with Gasteiger partial charge < -0.3 is 9.64 Å². The van der Waals surface area contributed by atoms with Crippen LogP contribution in [0.3, 0.4) is 0 Å². The molecule has 116 valence electrons. The van der Waals surface area contributed by atoms with Crippen LogP contribution < -0.4 is 0 Å². The third kappa shape index (κ3) is 5.07. The minimum Gasteiger partial charge on any atom is -0.444 e. The van der Waals surface area contributed by atoms with Gasteiger partial charge in [-0.3, -0.25) is 0 Å². The van der Waals surface area contributed by atoms with Gasteiger partial charge in [-0.1, -0.05) is 30.3 Å². The first-order chi connectivity index (χ1) is 9.96. The Labute approximate surface area is 128 Å². The number of amides is 1. The zero-order valence-corrected chi connectivity index (χ0v) is 13.5. The molecule has 0 N–H and O–H groups in total. The molecule has 1 aliphatic heterocycles. The van der Waals surface area contributed by atoms with Gasteiger partial charge in [-0.15, -0.1) is 0 Å². The van der Waals surface area contributed by atoms with Crippen molar-refractivity contribution in [2.75, 3.05) is 6.54 Å². The summed E-state index contributed by atoms with van der Waals surface area (Å²) >= 11 is 0. The highest BCUT2D eigenvalue weighted by Crippen LogP contribution is 2.24. The van der Waals surface area contributed by atoms with Gasteiger partial charge in [-0.25, -0.2) is 4.79 Å². The number of hydrogen-bond acceptors (Lipinski definition) is 2. The van der Waals surface area contributed by atoms with Crippen molar-refractivity contribution < 1.29 is 9.53 Å². The van der Waals surface area contributed by atoms with Crippen molar-refractivity contribution in [2.24, 2.45) is 0 Å². The number of nitrogens with zero attached hydrogens (tertiary/aromatic N) is 1. The zero-order valence-electron chi connectivity index (χ0n) is 13.5. The molecule has 0 bridgehead atoms. The van der Waals surface area contributed by atoms with Crippen LogP contribution in [0.4, 0.5) is 4.79 Å². The van der Waals surface area contributed by atoms with Crippen molar-refractivity contribution >= 4 is 6.09 Å². The number of aryl methyl sites for hydroxylation is 1. The highest BCUT2D eigenvalue weighted by Gasteiger charge is 2.31. The van der Waals surface area contributed by atoms with E-state index in [2.05, 4.69) is 24.3 Å². The van der Waals surface area contributed by atoms with Crippen molar-refractivity contribution in [3.05, 3.63) is 35.9 Å². The van der Waals surface area contributed by atoms with Gasteiger partial charge in [0.25, 0.3) is 0 Å². The maximum atomic E-state index is 12.2. The number of benzene rings is 1. The van der Waals surface area contributed by atoms with E-state index in [1.165, 1.54) is 5.56 Å². The second kappa shape index (κ2) is 6.97. The van der Waals surface area contributed by atoms with Gasteiger partial charge in [-0.2, -0.15) is 0 Å². The van der Waals surface area contributed by atoms with Crippen LogP contribution in [0.1, 0.15) is 52.0 Å². The topological polar surface area (TPSA) is 29.5 Å². The van der Waals surface area contributed by atoms with Crippen molar-refractivity contribution in [1.29, 1.82) is 0 Å². The van der Waals surface area contributed by atoms with Crippen LogP contribution in [0.5, 0.6) is 0 Å². The molecule has 3 heteroatoms. The average molecular weight is 289 g/mol. The van der Waals surface area contributed by atoms with E-state index >= 15 is 0 Å². The van der Waals surface area contributed by atoms with E-state index in [9.17, 15) is 4.79 Å². The number of ether oxygens (including phenoxy) is 1. The molecule has 1 aromatic carbocycles. The molecular formula is C18H27NO2. The van der Waals surface area contributed by atoms with Crippen molar-refractivity contribution in [1.82, 2.24) is 4.90 Å². The summed E-state index contributed by atoms with van der Waals surface area (Å²) in [5, 5.41) is 0. The molecule has 1 amide bonds. The van der Waals surface area contributed by atoms with E-state index in [1.807, 2.05) is 31.7 Å². The lowest BCUT2D eigenvalue weighted by Gasteiger charge is -2.28. The lowest BCUT2D eigenvalue weighted by Crippen LogP contribution is -2.39. The summed E-state index contributed by atoms with van der Waals surface area (Å²) in [6.07, 6.45) is 5.31. The Hall–Kier alpha value is -1.51. The Bertz CT molecular complexity index is 450. The van der Waals surface area contributed by atoms with Crippen LogP contribution >= 0.6 is 0 Å². The quantitative estimate of drug-likeness (QED) is 0.821. The third-order valence-electron chi connectivity index (χ3n) is 3.85. The second-order valence-corrected chi connectivity index (χ2v) is 6.85. The molecule has 1 aliphatic rings. The zero-order chi connectivity index (χ0) is 15.3. The Morgan fingerprint density at radius 2 is 2.00 bits per heavy atom. The van der Waals surface area contributed by atoms with Gasteiger partial charge in [-0.05, 0) is 58.4 Å². The molecule has 1 fully saturated rings. The normalized spacial score (nSPS) is 18.8. The fourth-order valence-corrected chi connectivity index (χ4v) is 2.88. The van der Waals surface area contributed by atoms with Crippen LogP contribution in [0, 0.1) is 0 Å². The van der Waals surface area contributed by atoms with Crippen molar-refractivity contribution in [3.63, 3.8) is 0 Å². The number of carbonyl (C=O) groups is 1. The first-order valence-corrected chi connectivity index (χ1v) is 7.99. The maximum Gasteiger partial charge on any atom is 0.410 e. The molecule has 1 aromatic rings. The second-order valence-electron chi connectivity index (χ2n) is 6.85. The first-order valence-electron chi connectivity index (χ1n) is 7.99. The molecular weight excluding hydrogens is 262 g/mol. The summed E-state index contributed by atoms with van der Waals surface area (Å²) in [7, 11) is 0. The number of likely N-dealkylation sites (tertiary alicyclic amines) is 1. The van der Waals surface area contributed by atoms with Gasteiger partial charge >= 0.3 is 6.09 Å². The van der Waals surface area contributed by atoms with E-state index in [4.69, 9.17) is 4.74 Å².